The molecule has 55 heavy (non-hydrogen) atoms. The molecule has 0 N–H and O–H groups in total. The van der Waals surface area contributed by atoms with Crippen molar-refractivity contribution in [2.45, 2.75) is 0 Å². The molecule has 0 atom stereocenters. The minimum atomic E-state index is 0.731. The van der Waals surface area contributed by atoms with Crippen LogP contribution in [-0.4, -0.2) is 9.97 Å². The zero-order valence-corrected chi connectivity index (χ0v) is 30.6. The molecule has 0 bridgehead atoms. The highest BCUT2D eigenvalue weighted by molar-refractivity contribution is 7.22. The van der Waals surface area contributed by atoms with Gasteiger partial charge in [0, 0.05) is 15.8 Å². The quantitative estimate of drug-likeness (QED) is 0.131. The molecule has 2 heterocycles. The summed E-state index contributed by atoms with van der Waals surface area (Å²) in [6.07, 6.45) is 0. The lowest BCUT2D eigenvalue weighted by Crippen LogP contribution is -1.95. The first-order chi connectivity index (χ1) is 27.2. The standard InChI is InChI=1S/C52H32N2S/c1-2-11-36(12-3-1)52-53-47(32-48(54-52)50-31-42-14-6-9-17-49(42)55-50)41-25-24-38-28-37(22-23-39(38)29-41)33-18-20-35(21-19-33)51-44-16-8-5-13-40(44)30-46-43-15-7-4-10-34(43)26-27-45(46)51/h1-32H. The topological polar surface area (TPSA) is 25.8 Å². The highest BCUT2D eigenvalue weighted by Gasteiger charge is 2.15. The summed E-state index contributed by atoms with van der Waals surface area (Å²) in [5, 5.41) is 11.3. The van der Waals surface area contributed by atoms with E-state index in [0.29, 0.717) is 0 Å². The van der Waals surface area contributed by atoms with Crippen molar-refractivity contribution in [1.29, 1.82) is 0 Å². The van der Waals surface area contributed by atoms with Gasteiger partial charge in [-0.25, -0.2) is 9.97 Å². The van der Waals surface area contributed by atoms with Crippen molar-refractivity contribution in [1.82, 2.24) is 9.97 Å². The summed E-state index contributed by atoms with van der Waals surface area (Å²) in [5.41, 5.74) is 8.83. The molecule has 0 saturated carbocycles. The molecule has 9 aromatic carbocycles. The van der Waals surface area contributed by atoms with Crippen molar-refractivity contribution in [2.75, 3.05) is 0 Å². The van der Waals surface area contributed by atoms with E-state index in [4.69, 9.17) is 9.97 Å². The molecule has 0 radical (unpaired) electrons. The maximum atomic E-state index is 5.10. The van der Waals surface area contributed by atoms with E-state index in [0.717, 1.165) is 33.2 Å². The summed E-state index contributed by atoms with van der Waals surface area (Å²) in [6, 6.07) is 70.0. The third kappa shape index (κ3) is 5.56. The Balaban J connectivity index is 0.964. The van der Waals surface area contributed by atoms with Gasteiger partial charge in [0.05, 0.1) is 16.3 Å². The van der Waals surface area contributed by atoms with Gasteiger partial charge in [0.25, 0.3) is 0 Å². The van der Waals surface area contributed by atoms with Gasteiger partial charge in [-0.05, 0) is 107 Å². The van der Waals surface area contributed by atoms with Gasteiger partial charge in [-0.2, -0.15) is 0 Å². The molecule has 0 amide bonds. The monoisotopic (exact) mass is 716 g/mol. The molecule has 2 nitrogen and oxygen atoms in total. The van der Waals surface area contributed by atoms with Gasteiger partial charge in [-0.15, -0.1) is 11.3 Å². The average molecular weight is 717 g/mol. The number of hydrogen-bond donors (Lipinski definition) is 0. The minimum absolute atomic E-state index is 0.731. The summed E-state index contributed by atoms with van der Waals surface area (Å²) in [7, 11) is 0. The van der Waals surface area contributed by atoms with Gasteiger partial charge in [0.1, 0.15) is 0 Å². The predicted molar refractivity (Wildman–Crippen MR) is 235 cm³/mol. The van der Waals surface area contributed by atoms with Gasteiger partial charge in [-0.3, -0.25) is 0 Å². The second-order valence-corrected chi connectivity index (χ2v) is 15.3. The molecule has 0 spiro atoms. The lowest BCUT2D eigenvalue weighted by molar-refractivity contribution is 1.19. The van der Waals surface area contributed by atoms with E-state index in [1.54, 1.807) is 11.3 Å². The molecule has 0 aliphatic rings. The van der Waals surface area contributed by atoms with Crippen LogP contribution in [0.25, 0.3) is 109 Å². The van der Waals surface area contributed by atoms with Gasteiger partial charge in [-0.1, -0.05) is 158 Å². The Kier molecular flexibility index (Phi) is 7.39. The fourth-order valence-corrected chi connectivity index (χ4v) is 9.11. The first kappa shape index (κ1) is 31.6. The van der Waals surface area contributed by atoms with Crippen LogP contribution in [-0.2, 0) is 0 Å². The third-order valence-corrected chi connectivity index (χ3v) is 12.0. The lowest BCUT2D eigenvalue weighted by Gasteiger charge is -2.14. The maximum Gasteiger partial charge on any atom is 0.160 e. The van der Waals surface area contributed by atoms with Crippen molar-refractivity contribution < 1.29 is 0 Å². The van der Waals surface area contributed by atoms with Crippen LogP contribution in [0.5, 0.6) is 0 Å². The Morgan fingerprint density at radius 3 is 1.75 bits per heavy atom. The Morgan fingerprint density at radius 2 is 0.927 bits per heavy atom. The number of thiophene rings is 1. The van der Waals surface area contributed by atoms with Crippen LogP contribution < -0.4 is 0 Å². The predicted octanol–water partition coefficient (Wildman–Crippen LogP) is 14.6. The molecule has 2 aromatic heterocycles. The van der Waals surface area contributed by atoms with Crippen LogP contribution in [0.4, 0.5) is 0 Å². The number of hydrogen-bond acceptors (Lipinski definition) is 3. The van der Waals surface area contributed by atoms with Crippen molar-refractivity contribution in [3.63, 3.8) is 0 Å². The van der Waals surface area contributed by atoms with E-state index in [9.17, 15) is 0 Å². The molecule has 0 aliphatic heterocycles. The van der Waals surface area contributed by atoms with Gasteiger partial charge in [0.15, 0.2) is 5.82 Å². The Labute approximate surface area is 322 Å². The third-order valence-electron chi connectivity index (χ3n) is 10.8. The lowest BCUT2D eigenvalue weighted by atomic mass is 9.89. The number of fused-ring (bicyclic) bond motifs is 6. The molecule has 11 aromatic rings. The second kappa shape index (κ2) is 12.9. The SMILES string of the molecule is c1ccc(-c2nc(-c3ccc4cc(-c5ccc(-c6c7ccccc7cc7c6ccc6ccccc67)cc5)ccc4c3)cc(-c3cc4ccccc4s3)n2)cc1. The van der Waals surface area contributed by atoms with Crippen LogP contribution in [0.2, 0.25) is 0 Å². The largest absolute Gasteiger partial charge is 0.228 e. The average Bonchev–Trinajstić information content (AvgIpc) is 3.70. The second-order valence-electron chi connectivity index (χ2n) is 14.2. The van der Waals surface area contributed by atoms with E-state index in [-0.39, 0.29) is 0 Å². The van der Waals surface area contributed by atoms with Gasteiger partial charge >= 0.3 is 0 Å². The van der Waals surface area contributed by atoms with E-state index in [1.165, 1.54) is 75.4 Å². The zero-order valence-electron chi connectivity index (χ0n) is 29.8. The highest BCUT2D eigenvalue weighted by Crippen LogP contribution is 2.41. The number of nitrogens with zero attached hydrogens (tertiary/aromatic N) is 2. The van der Waals surface area contributed by atoms with Crippen LogP contribution in [0, 0.1) is 0 Å². The fourth-order valence-electron chi connectivity index (χ4n) is 8.09. The van der Waals surface area contributed by atoms with Crippen LogP contribution >= 0.6 is 11.3 Å². The molecule has 11 rings (SSSR count). The Hall–Kier alpha value is -6.94. The van der Waals surface area contributed by atoms with Crippen molar-refractivity contribution in [3.8, 4) is 55.5 Å². The van der Waals surface area contributed by atoms with Gasteiger partial charge < -0.3 is 0 Å². The summed E-state index contributed by atoms with van der Waals surface area (Å²) >= 11 is 1.77. The van der Waals surface area contributed by atoms with Crippen LogP contribution in [0.15, 0.2) is 194 Å². The van der Waals surface area contributed by atoms with E-state index in [1.807, 2.05) is 18.2 Å². The maximum absolute atomic E-state index is 5.10. The first-order valence-electron chi connectivity index (χ1n) is 18.6. The molecule has 0 saturated heterocycles. The molecule has 0 aliphatic carbocycles. The summed E-state index contributed by atoms with van der Waals surface area (Å²) < 4.78 is 1.26. The molecule has 0 unspecified atom stereocenters. The summed E-state index contributed by atoms with van der Waals surface area (Å²) in [5.74, 6) is 0.731. The number of rotatable bonds is 5. The molecule has 0 fully saturated rings. The normalized spacial score (nSPS) is 11.6. The van der Waals surface area contributed by atoms with E-state index < -0.39 is 0 Å². The van der Waals surface area contributed by atoms with Crippen molar-refractivity contribution in [3.05, 3.63) is 194 Å². The van der Waals surface area contributed by atoms with E-state index in [2.05, 4.69) is 176 Å². The summed E-state index contributed by atoms with van der Waals surface area (Å²) in [4.78, 5) is 11.3. The number of aromatic nitrogens is 2. The smallest absolute Gasteiger partial charge is 0.160 e. The molecule has 256 valence electrons. The number of benzene rings is 9. The zero-order chi connectivity index (χ0) is 36.3. The first-order valence-corrected chi connectivity index (χ1v) is 19.5. The molecular formula is C52H32N2S. The van der Waals surface area contributed by atoms with Crippen molar-refractivity contribution >= 4 is 64.5 Å². The van der Waals surface area contributed by atoms with Crippen LogP contribution in [0.1, 0.15) is 0 Å². The highest BCUT2D eigenvalue weighted by atomic mass is 32.1. The Bertz CT molecular complexity index is 3220. The van der Waals surface area contributed by atoms with Gasteiger partial charge in [0.2, 0.25) is 0 Å². The molecular weight excluding hydrogens is 685 g/mol. The van der Waals surface area contributed by atoms with Crippen molar-refractivity contribution in [2.24, 2.45) is 0 Å². The molecule has 3 heteroatoms. The van der Waals surface area contributed by atoms with Crippen LogP contribution in [0.3, 0.4) is 0 Å². The van der Waals surface area contributed by atoms with E-state index >= 15 is 0 Å². The Morgan fingerprint density at radius 1 is 0.309 bits per heavy atom. The minimum Gasteiger partial charge on any atom is -0.228 e. The summed E-state index contributed by atoms with van der Waals surface area (Å²) in [6.45, 7) is 0. The fraction of sp³-hybridized carbons (Fsp3) is 0.